The van der Waals surface area contributed by atoms with E-state index < -0.39 is 12.1 Å². The molecule has 8 heteroatoms. The lowest BCUT2D eigenvalue weighted by Crippen LogP contribution is -2.41. The Hall–Kier alpha value is -2.35. The number of benzene rings is 1. The molecule has 1 unspecified atom stereocenters. The summed E-state index contributed by atoms with van der Waals surface area (Å²) in [5, 5.41) is 4.66. The van der Waals surface area contributed by atoms with Crippen molar-refractivity contribution >= 4 is 23.7 Å². The first-order chi connectivity index (χ1) is 15.4. The van der Waals surface area contributed by atoms with Crippen molar-refractivity contribution in [1.82, 2.24) is 10.2 Å². The van der Waals surface area contributed by atoms with Crippen molar-refractivity contribution in [2.45, 2.75) is 57.2 Å². The van der Waals surface area contributed by atoms with Crippen LogP contribution >= 0.6 is 11.3 Å². The highest BCUT2D eigenvalue weighted by atomic mass is 32.1. The molecule has 0 saturated heterocycles. The highest BCUT2D eigenvalue weighted by Gasteiger charge is 2.39. The lowest BCUT2D eigenvalue weighted by atomic mass is 9.89. The number of alkyl halides is 3. The van der Waals surface area contributed by atoms with E-state index in [9.17, 15) is 22.8 Å². The summed E-state index contributed by atoms with van der Waals surface area (Å²) in [6.45, 7) is 1.11. The lowest BCUT2D eigenvalue weighted by molar-refractivity contribution is -0.181. The molecule has 0 bridgehead atoms. The number of carbonyl (C=O) groups is 2. The predicted octanol–water partition coefficient (Wildman–Crippen LogP) is 5.73. The fraction of sp³-hybridized carbons (Fsp3) is 0.500. The number of thiophene rings is 1. The normalized spacial score (nSPS) is 18.8. The zero-order valence-electron chi connectivity index (χ0n) is 17.9. The first-order valence-electron chi connectivity index (χ1n) is 11.1. The van der Waals surface area contributed by atoms with Gasteiger partial charge in [0.2, 0.25) is 12.3 Å². The third kappa shape index (κ3) is 6.34. The molecule has 2 heterocycles. The summed E-state index contributed by atoms with van der Waals surface area (Å²) in [6.07, 6.45) is 1.13. The third-order valence-electron chi connectivity index (χ3n) is 6.04. The van der Waals surface area contributed by atoms with E-state index in [2.05, 4.69) is 28.9 Å². The zero-order chi connectivity index (χ0) is 23.0. The van der Waals surface area contributed by atoms with Crippen LogP contribution in [0.15, 0.2) is 41.8 Å². The summed E-state index contributed by atoms with van der Waals surface area (Å²) < 4.78 is 35.8. The van der Waals surface area contributed by atoms with Crippen molar-refractivity contribution in [3.05, 3.63) is 57.8 Å². The quantitative estimate of drug-likeness (QED) is 0.450. The zero-order valence-corrected chi connectivity index (χ0v) is 18.8. The minimum Gasteiger partial charge on any atom is -0.358 e. The summed E-state index contributed by atoms with van der Waals surface area (Å²) in [6, 6.07) is 12.3. The highest BCUT2D eigenvalue weighted by Crippen LogP contribution is 2.38. The minimum absolute atomic E-state index is 0. The molecule has 1 aliphatic heterocycles. The number of fused-ring (bicyclic) bond motifs is 1. The van der Waals surface area contributed by atoms with Gasteiger partial charge < -0.3 is 10.2 Å². The van der Waals surface area contributed by atoms with Gasteiger partial charge in [-0.25, -0.2) is 0 Å². The molecule has 2 aromatic rings. The maximum atomic E-state index is 12.6. The third-order valence-corrected chi connectivity index (χ3v) is 7.03. The molecule has 1 aromatic heterocycles. The number of nitrogens with one attached hydrogen (secondary N) is 1. The molecule has 1 saturated carbocycles. The van der Waals surface area contributed by atoms with E-state index in [1.54, 1.807) is 11.3 Å². The van der Waals surface area contributed by atoms with Gasteiger partial charge in [-0.1, -0.05) is 49.6 Å². The average Bonchev–Trinajstić information content (AvgIpc) is 3.28. The van der Waals surface area contributed by atoms with Crippen LogP contribution in [0, 0.1) is 5.92 Å². The van der Waals surface area contributed by atoms with E-state index in [1.165, 1.54) is 10.4 Å². The summed E-state index contributed by atoms with van der Waals surface area (Å²) >= 11 is 1.76. The molecule has 1 N–H and O–H groups in total. The summed E-state index contributed by atoms with van der Waals surface area (Å²) in [4.78, 5) is 26.2. The fourth-order valence-electron chi connectivity index (χ4n) is 4.39. The van der Waals surface area contributed by atoms with Crippen LogP contribution in [-0.2, 0) is 16.0 Å². The number of rotatable bonds is 5. The van der Waals surface area contributed by atoms with Crippen LogP contribution in [0.4, 0.5) is 13.2 Å². The molecule has 0 radical (unpaired) electrons. The fourth-order valence-corrected chi connectivity index (χ4v) is 5.30. The van der Waals surface area contributed by atoms with Crippen molar-refractivity contribution in [3.8, 4) is 0 Å². The molecular weight excluding hydrogens is 437 g/mol. The van der Waals surface area contributed by atoms with Crippen molar-refractivity contribution in [3.63, 3.8) is 0 Å². The predicted molar refractivity (Wildman–Crippen MR) is 121 cm³/mol. The molecule has 176 valence electrons. The minimum atomic E-state index is -3.93. The molecule has 4 rings (SSSR count). The standard InChI is InChI=1S/C17H18N2O2S.C7H11F3.H2/c20-12-18-9-6-16(21)19-10-7-15-14(8-11-22-15)17(19)13-4-2-1-3-5-13;8-7(9,10)6-4-2-1-3-5-6;/h1-5,8,11-12,17H,6-7,9-10H2,(H,18,20);6H,1-5H2;1H. The second-order valence-corrected chi connectivity index (χ2v) is 9.15. The van der Waals surface area contributed by atoms with E-state index in [0.717, 1.165) is 37.8 Å². The molecule has 4 nitrogen and oxygen atoms in total. The van der Waals surface area contributed by atoms with Crippen LogP contribution in [-0.4, -0.2) is 36.5 Å². The van der Waals surface area contributed by atoms with Gasteiger partial charge in [0.1, 0.15) is 0 Å². The van der Waals surface area contributed by atoms with Crippen molar-refractivity contribution in [2.24, 2.45) is 5.92 Å². The van der Waals surface area contributed by atoms with Crippen LogP contribution in [0.5, 0.6) is 0 Å². The summed E-state index contributed by atoms with van der Waals surface area (Å²) in [5.74, 6) is -0.915. The van der Waals surface area contributed by atoms with Crippen molar-refractivity contribution in [1.29, 1.82) is 0 Å². The van der Waals surface area contributed by atoms with Crippen molar-refractivity contribution < 1.29 is 24.2 Å². The molecule has 2 amide bonds. The summed E-state index contributed by atoms with van der Waals surface area (Å²) in [5.41, 5.74) is 2.37. The molecular formula is C24H31F3N2O2S. The number of hydrogen-bond donors (Lipinski definition) is 1. The van der Waals surface area contributed by atoms with E-state index in [-0.39, 0.29) is 13.4 Å². The average molecular weight is 469 g/mol. The Morgan fingerprint density at radius 3 is 2.50 bits per heavy atom. The van der Waals surface area contributed by atoms with E-state index in [4.69, 9.17) is 0 Å². The van der Waals surface area contributed by atoms with Gasteiger partial charge in [0.05, 0.1) is 12.0 Å². The van der Waals surface area contributed by atoms with Gasteiger partial charge >= 0.3 is 6.18 Å². The summed E-state index contributed by atoms with van der Waals surface area (Å²) in [7, 11) is 0. The first-order valence-corrected chi connectivity index (χ1v) is 11.9. The van der Waals surface area contributed by atoms with Crippen LogP contribution in [0.25, 0.3) is 0 Å². The van der Waals surface area contributed by atoms with E-state index in [1.807, 2.05) is 23.1 Å². The number of halogens is 3. The number of carbonyl (C=O) groups excluding carboxylic acids is 2. The Balaban J connectivity index is 0.000000297. The van der Waals surface area contributed by atoms with E-state index in [0.29, 0.717) is 32.2 Å². The van der Waals surface area contributed by atoms with Crippen LogP contribution < -0.4 is 5.32 Å². The van der Waals surface area contributed by atoms with Gasteiger partial charge in [-0.05, 0) is 41.8 Å². The maximum Gasteiger partial charge on any atom is 0.391 e. The molecule has 32 heavy (non-hydrogen) atoms. The first kappa shape index (κ1) is 24.3. The molecule has 1 fully saturated rings. The Bertz CT molecular complexity index is 870. The van der Waals surface area contributed by atoms with Gasteiger partial charge in [-0.2, -0.15) is 13.2 Å². The molecule has 0 spiro atoms. The SMILES string of the molecule is FC(F)(F)C1CCCCC1.O=CNCCC(=O)N1CCc2sccc2C1c1ccccc1.[HH]. The Morgan fingerprint density at radius 2 is 1.88 bits per heavy atom. The smallest absolute Gasteiger partial charge is 0.358 e. The number of hydrogen-bond acceptors (Lipinski definition) is 3. The van der Waals surface area contributed by atoms with Gasteiger partial charge in [-0.15, -0.1) is 11.3 Å². The van der Waals surface area contributed by atoms with E-state index >= 15 is 0 Å². The number of amides is 2. The monoisotopic (exact) mass is 468 g/mol. The molecule has 1 atom stereocenters. The second-order valence-electron chi connectivity index (χ2n) is 8.15. The Labute approximate surface area is 192 Å². The molecule has 2 aliphatic rings. The highest BCUT2D eigenvalue weighted by molar-refractivity contribution is 7.10. The largest absolute Gasteiger partial charge is 0.391 e. The Kier molecular flexibility index (Phi) is 8.73. The van der Waals surface area contributed by atoms with Crippen LogP contribution in [0.3, 0.4) is 0 Å². The van der Waals surface area contributed by atoms with Gasteiger partial charge in [0.15, 0.2) is 0 Å². The number of nitrogens with zero attached hydrogens (tertiary/aromatic N) is 1. The van der Waals surface area contributed by atoms with Crippen LogP contribution in [0.1, 0.15) is 62.0 Å². The van der Waals surface area contributed by atoms with Gasteiger partial charge in [0.25, 0.3) is 0 Å². The van der Waals surface area contributed by atoms with Gasteiger partial charge in [0, 0.05) is 25.8 Å². The van der Waals surface area contributed by atoms with Crippen molar-refractivity contribution in [2.75, 3.05) is 13.1 Å². The maximum absolute atomic E-state index is 12.6. The van der Waals surface area contributed by atoms with Crippen LogP contribution in [0.2, 0.25) is 0 Å². The Morgan fingerprint density at radius 1 is 1.16 bits per heavy atom. The second kappa shape index (κ2) is 11.5. The van der Waals surface area contributed by atoms with Gasteiger partial charge in [-0.3, -0.25) is 9.59 Å². The lowest BCUT2D eigenvalue weighted by Gasteiger charge is -2.36. The molecule has 1 aromatic carbocycles. The topological polar surface area (TPSA) is 49.4 Å². The molecule has 1 aliphatic carbocycles.